The van der Waals surface area contributed by atoms with E-state index in [4.69, 9.17) is 0 Å². The van der Waals surface area contributed by atoms with E-state index in [9.17, 15) is 36.2 Å². The lowest BCUT2D eigenvalue weighted by Crippen LogP contribution is -2.54. The third-order valence-corrected chi connectivity index (χ3v) is 5.36. The molecule has 1 aliphatic rings. The lowest BCUT2D eigenvalue weighted by molar-refractivity contribution is -0.375. The Bertz CT molecular complexity index is 886. The van der Waals surface area contributed by atoms with Gasteiger partial charge in [0, 0.05) is 16.9 Å². The first-order valence-electron chi connectivity index (χ1n) is 9.15. The third kappa shape index (κ3) is 3.80. The van der Waals surface area contributed by atoms with E-state index >= 15 is 0 Å². The minimum absolute atomic E-state index is 0.0129. The molecule has 0 aliphatic heterocycles. The Morgan fingerprint density at radius 2 is 1.48 bits per heavy atom. The highest BCUT2D eigenvalue weighted by molar-refractivity contribution is 6.04. The van der Waals surface area contributed by atoms with Gasteiger partial charge in [-0.05, 0) is 18.2 Å². The summed E-state index contributed by atoms with van der Waals surface area (Å²) >= 11 is 0. The van der Waals surface area contributed by atoms with Gasteiger partial charge in [0.15, 0.2) is 0 Å². The first-order chi connectivity index (χ1) is 13.5. The molecule has 0 saturated heterocycles. The second kappa shape index (κ2) is 7.51. The molecule has 0 radical (unpaired) electrons. The van der Waals surface area contributed by atoms with Gasteiger partial charge in [-0.3, -0.25) is 4.79 Å². The second-order valence-electron chi connectivity index (χ2n) is 7.24. The third-order valence-electron chi connectivity index (χ3n) is 5.36. The van der Waals surface area contributed by atoms with Crippen molar-refractivity contribution in [2.75, 3.05) is 5.32 Å². The van der Waals surface area contributed by atoms with Crippen molar-refractivity contribution in [2.24, 2.45) is 5.92 Å². The molecule has 0 aromatic heterocycles. The van der Waals surface area contributed by atoms with Crippen LogP contribution in [0.2, 0.25) is 0 Å². The SMILES string of the molecule is O=C(Nc1c(C(O)(C(F)(F)F)C(F)(F)F)ccc2ccccc12)C1CCCCC1. The molecule has 1 saturated carbocycles. The van der Waals surface area contributed by atoms with E-state index in [0.717, 1.165) is 25.3 Å². The predicted molar refractivity (Wildman–Crippen MR) is 95.2 cm³/mol. The Balaban J connectivity index is 2.19. The number of nitrogens with one attached hydrogen (secondary N) is 1. The quantitative estimate of drug-likeness (QED) is 0.630. The number of aliphatic hydroxyl groups is 1. The standard InChI is InChI=1S/C20H19F6NO2/c21-19(22,23)18(29,20(24,25)26)15-11-10-12-6-4-5-9-14(12)16(15)27-17(28)13-7-2-1-3-8-13/h4-6,9-11,13,29H,1-3,7-8H2,(H,27,28). The molecular formula is C20H19F6NO2. The maximum Gasteiger partial charge on any atom is 0.430 e. The number of alkyl halides is 6. The van der Waals surface area contributed by atoms with Crippen LogP contribution in [-0.2, 0) is 10.4 Å². The average Bonchev–Trinajstić information content (AvgIpc) is 2.66. The fourth-order valence-electron chi connectivity index (χ4n) is 3.76. The highest BCUT2D eigenvalue weighted by atomic mass is 19.4. The average molecular weight is 419 g/mol. The largest absolute Gasteiger partial charge is 0.430 e. The van der Waals surface area contributed by atoms with Gasteiger partial charge in [0.2, 0.25) is 5.91 Å². The Hall–Kier alpha value is -2.29. The van der Waals surface area contributed by atoms with Crippen LogP contribution in [0.25, 0.3) is 10.8 Å². The summed E-state index contributed by atoms with van der Waals surface area (Å²) in [6.07, 6.45) is -8.63. The van der Waals surface area contributed by atoms with Crippen LogP contribution in [0, 0.1) is 5.92 Å². The van der Waals surface area contributed by atoms with E-state index in [-0.39, 0.29) is 5.39 Å². The summed E-state index contributed by atoms with van der Waals surface area (Å²) in [7, 11) is 0. The van der Waals surface area contributed by atoms with E-state index in [1.807, 2.05) is 0 Å². The van der Waals surface area contributed by atoms with E-state index in [1.165, 1.54) is 18.2 Å². The van der Waals surface area contributed by atoms with Crippen molar-refractivity contribution in [3.63, 3.8) is 0 Å². The molecule has 0 heterocycles. The van der Waals surface area contributed by atoms with Crippen LogP contribution in [0.15, 0.2) is 36.4 Å². The van der Waals surface area contributed by atoms with Crippen molar-refractivity contribution in [3.8, 4) is 0 Å². The molecule has 9 heteroatoms. The zero-order valence-electron chi connectivity index (χ0n) is 15.2. The minimum atomic E-state index is -6.04. The molecule has 1 amide bonds. The Morgan fingerprint density at radius 1 is 0.897 bits per heavy atom. The highest BCUT2D eigenvalue weighted by Gasteiger charge is 2.72. The van der Waals surface area contributed by atoms with Gasteiger partial charge in [-0.25, -0.2) is 0 Å². The molecule has 3 nitrogen and oxygen atoms in total. The number of fused-ring (bicyclic) bond motifs is 1. The lowest BCUT2D eigenvalue weighted by Gasteiger charge is -2.34. The van der Waals surface area contributed by atoms with Crippen LogP contribution in [0.3, 0.4) is 0 Å². The van der Waals surface area contributed by atoms with Crippen molar-refractivity contribution in [3.05, 3.63) is 42.0 Å². The molecule has 2 aromatic rings. The van der Waals surface area contributed by atoms with Gasteiger partial charge in [-0.15, -0.1) is 0 Å². The number of carbonyl (C=O) groups is 1. The van der Waals surface area contributed by atoms with Gasteiger partial charge >= 0.3 is 12.4 Å². The zero-order chi connectivity index (χ0) is 21.4. The minimum Gasteiger partial charge on any atom is -0.369 e. The molecule has 3 rings (SSSR count). The fourth-order valence-corrected chi connectivity index (χ4v) is 3.76. The van der Waals surface area contributed by atoms with E-state index in [1.54, 1.807) is 6.07 Å². The topological polar surface area (TPSA) is 49.3 Å². The summed E-state index contributed by atoms with van der Waals surface area (Å²) < 4.78 is 80.9. The second-order valence-corrected chi connectivity index (χ2v) is 7.24. The molecule has 158 valence electrons. The number of amides is 1. The molecule has 0 spiro atoms. The molecule has 0 bridgehead atoms. The Labute approximate surface area is 162 Å². The van der Waals surface area contributed by atoms with Gasteiger partial charge in [0.05, 0.1) is 5.69 Å². The number of anilines is 1. The number of halogens is 6. The maximum atomic E-state index is 13.5. The maximum absolute atomic E-state index is 13.5. The molecule has 0 unspecified atom stereocenters. The van der Waals surface area contributed by atoms with Gasteiger partial charge in [0.25, 0.3) is 5.60 Å². The molecule has 2 aromatic carbocycles. The van der Waals surface area contributed by atoms with Crippen molar-refractivity contribution in [1.82, 2.24) is 0 Å². The molecule has 1 aliphatic carbocycles. The molecule has 1 fully saturated rings. The summed E-state index contributed by atoms with van der Waals surface area (Å²) in [5.41, 5.74) is -7.24. The van der Waals surface area contributed by atoms with E-state index < -0.39 is 41.0 Å². The smallest absolute Gasteiger partial charge is 0.369 e. The highest BCUT2D eigenvalue weighted by Crippen LogP contribution is 2.53. The van der Waals surface area contributed by atoms with Crippen LogP contribution in [0.5, 0.6) is 0 Å². The van der Waals surface area contributed by atoms with Crippen molar-refractivity contribution in [2.45, 2.75) is 50.1 Å². The van der Waals surface area contributed by atoms with Crippen LogP contribution in [0.4, 0.5) is 32.0 Å². The van der Waals surface area contributed by atoms with Gasteiger partial charge < -0.3 is 10.4 Å². The number of hydrogen-bond acceptors (Lipinski definition) is 2. The molecule has 2 N–H and O–H groups in total. The summed E-state index contributed by atoms with van der Waals surface area (Å²) in [4.78, 5) is 12.6. The van der Waals surface area contributed by atoms with E-state index in [0.29, 0.717) is 24.3 Å². The Kier molecular flexibility index (Phi) is 5.55. The number of rotatable bonds is 3. The Morgan fingerprint density at radius 3 is 2.07 bits per heavy atom. The van der Waals surface area contributed by atoms with Crippen LogP contribution < -0.4 is 5.32 Å². The first kappa shape index (κ1) is 21.4. The van der Waals surface area contributed by atoms with Crippen molar-refractivity contribution in [1.29, 1.82) is 0 Å². The molecule has 29 heavy (non-hydrogen) atoms. The summed E-state index contributed by atoms with van der Waals surface area (Å²) in [5.74, 6) is -1.14. The predicted octanol–water partition coefficient (Wildman–Crippen LogP) is 5.67. The lowest BCUT2D eigenvalue weighted by atomic mass is 9.86. The van der Waals surface area contributed by atoms with Crippen LogP contribution in [0.1, 0.15) is 37.7 Å². The molecular weight excluding hydrogens is 400 g/mol. The van der Waals surface area contributed by atoms with Gasteiger partial charge in [-0.2, -0.15) is 26.3 Å². The fraction of sp³-hybridized carbons (Fsp3) is 0.450. The van der Waals surface area contributed by atoms with E-state index in [2.05, 4.69) is 5.32 Å². The monoisotopic (exact) mass is 419 g/mol. The zero-order valence-corrected chi connectivity index (χ0v) is 15.2. The normalized spacial score (nSPS) is 16.8. The van der Waals surface area contributed by atoms with Gasteiger partial charge in [-0.1, -0.05) is 55.7 Å². The summed E-state index contributed by atoms with van der Waals surface area (Å²) in [5, 5.41) is 12.5. The number of hydrogen-bond donors (Lipinski definition) is 2. The summed E-state index contributed by atoms with van der Waals surface area (Å²) in [6.45, 7) is 0. The first-order valence-corrected chi connectivity index (χ1v) is 9.15. The summed E-state index contributed by atoms with van der Waals surface area (Å²) in [6, 6.07) is 7.43. The number of carbonyl (C=O) groups excluding carboxylic acids is 1. The van der Waals surface area contributed by atoms with Crippen molar-refractivity contribution >= 4 is 22.4 Å². The molecule has 0 atom stereocenters. The number of benzene rings is 2. The van der Waals surface area contributed by atoms with Crippen molar-refractivity contribution < 1.29 is 36.2 Å². The van der Waals surface area contributed by atoms with Crippen LogP contribution >= 0.6 is 0 Å². The van der Waals surface area contributed by atoms with Crippen LogP contribution in [-0.4, -0.2) is 23.4 Å². The van der Waals surface area contributed by atoms with Gasteiger partial charge in [0.1, 0.15) is 0 Å².